The molecule has 0 saturated heterocycles. The fraction of sp³-hybridized carbons (Fsp3) is 0.438. The van der Waals surface area contributed by atoms with Crippen LogP contribution < -0.4 is 0 Å². The molecule has 0 aliphatic heterocycles. The molecule has 1 aromatic carbocycles. The molecule has 1 aromatic heterocycles. The third kappa shape index (κ3) is 2.24. The van der Waals surface area contributed by atoms with E-state index in [0.717, 1.165) is 16.8 Å². The largest absolute Gasteiger partial charge is 0.385 e. The van der Waals surface area contributed by atoms with Crippen molar-refractivity contribution in [2.24, 2.45) is 0 Å². The van der Waals surface area contributed by atoms with E-state index >= 15 is 0 Å². The highest BCUT2D eigenvalue weighted by molar-refractivity contribution is 5.38. The standard InChI is InChI=1S/C16H19FN2O/c1-11(2)19-8-6-14(18-19)10-16(20)7-5-12-9-13(17)3-4-15(12)16/h3-4,6,8-9,11,20H,5,7,10H2,1-2H3. The van der Waals surface area contributed by atoms with Crippen LogP contribution in [0.4, 0.5) is 4.39 Å². The van der Waals surface area contributed by atoms with E-state index < -0.39 is 5.60 Å². The van der Waals surface area contributed by atoms with Crippen molar-refractivity contribution in [2.45, 2.75) is 44.8 Å². The molecule has 0 amide bonds. The molecule has 0 radical (unpaired) electrons. The van der Waals surface area contributed by atoms with E-state index in [1.54, 1.807) is 6.07 Å². The van der Waals surface area contributed by atoms with Crippen LogP contribution in [-0.4, -0.2) is 14.9 Å². The van der Waals surface area contributed by atoms with E-state index in [9.17, 15) is 9.50 Å². The van der Waals surface area contributed by atoms with Gasteiger partial charge in [0.25, 0.3) is 0 Å². The molecule has 20 heavy (non-hydrogen) atoms. The van der Waals surface area contributed by atoms with Gasteiger partial charge in [0.05, 0.1) is 11.3 Å². The molecule has 1 aliphatic rings. The number of hydrogen-bond donors (Lipinski definition) is 1. The Balaban J connectivity index is 1.87. The molecule has 2 aromatic rings. The number of hydrogen-bond acceptors (Lipinski definition) is 2. The Labute approximate surface area is 118 Å². The molecule has 0 spiro atoms. The summed E-state index contributed by atoms with van der Waals surface area (Å²) in [6.07, 6.45) is 3.75. The van der Waals surface area contributed by atoms with Gasteiger partial charge in [-0.25, -0.2) is 4.39 Å². The predicted molar refractivity (Wildman–Crippen MR) is 74.9 cm³/mol. The van der Waals surface area contributed by atoms with Gasteiger partial charge in [-0.1, -0.05) is 6.07 Å². The summed E-state index contributed by atoms with van der Waals surface area (Å²) in [7, 11) is 0. The molecule has 4 heteroatoms. The van der Waals surface area contributed by atoms with Gasteiger partial charge in [0.15, 0.2) is 0 Å². The van der Waals surface area contributed by atoms with Crippen molar-refractivity contribution in [2.75, 3.05) is 0 Å². The fourth-order valence-corrected chi connectivity index (χ4v) is 2.94. The van der Waals surface area contributed by atoms with E-state index in [-0.39, 0.29) is 5.82 Å². The number of nitrogens with zero attached hydrogens (tertiary/aromatic N) is 2. The van der Waals surface area contributed by atoms with Crippen LogP contribution in [0.25, 0.3) is 0 Å². The van der Waals surface area contributed by atoms with Gasteiger partial charge in [0.2, 0.25) is 0 Å². The molecule has 0 bridgehead atoms. The van der Waals surface area contributed by atoms with Crippen LogP contribution in [0.15, 0.2) is 30.5 Å². The van der Waals surface area contributed by atoms with Crippen LogP contribution in [0, 0.1) is 5.82 Å². The van der Waals surface area contributed by atoms with Crippen molar-refractivity contribution >= 4 is 0 Å². The second kappa shape index (κ2) is 4.70. The average Bonchev–Trinajstić information content (AvgIpc) is 2.96. The molecule has 1 aliphatic carbocycles. The molecule has 1 heterocycles. The number of aliphatic hydroxyl groups is 1. The summed E-state index contributed by atoms with van der Waals surface area (Å²) in [4.78, 5) is 0. The Kier molecular flexibility index (Phi) is 3.13. The summed E-state index contributed by atoms with van der Waals surface area (Å²) >= 11 is 0. The topological polar surface area (TPSA) is 38.0 Å². The third-order valence-electron chi connectivity index (χ3n) is 4.04. The summed E-state index contributed by atoms with van der Waals surface area (Å²) in [5.74, 6) is -0.239. The number of aryl methyl sites for hydroxylation is 1. The number of rotatable bonds is 3. The second-order valence-electron chi connectivity index (χ2n) is 5.89. The van der Waals surface area contributed by atoms with Crippen molar-refractivity contribution in [3.63, 3.8) is 0 Å². The van der Waals surface area contributed by atoms with Crippen molar-refractivity contribution in [3.05, 3.63) is 53.1 Å². The van der Waals surface area contributed by atoms with Crippen molar-refractivity contribution in [1.29, 1.82) is 0 Å². The van der Waals surface area contributed by atoms with Crippen LogP contribution in [0.1, 0.15) is 43.1 Å². The molecule has 3 nitrogen and oxygen atoms in total. The third-order valence-corrected chi connectivity index (χ3v) is 4.04. The van der Waals surface area contributed by atoms with Gasteiger partial charge in [-0.2, -0.15) is 5.10 Å². The zero-order valence-corrected chi connectivity index (χ0v) is 11.8. The minimum atomic E-state index is -0.917. The van der Waals surface area contributed by atoms with E-state index in [0.29, 0.717) is 25.3 Å². The quantitative estimate of drug-likeness (QED) is 0.934. The molecule has 1 atom stereocenters. The van der Waals surface area contributed by atoms with Gasteiger partial charge in [0, 0.05) is 18.7 Å². The summed E-state index contributed by atoms with van der Waals surface area (Å²) in [5, 5.41) is 15.4. The molecule has 0 saturated carbocycles. The van der Waals surface area contributed by atoms with Gasteiger partial charge in [0.1, 0.15) is 5.82 Å². The number of aromatic nitrogens is 2. The Morgan fingerprint density at radius 3 is 2.90 bits per heavy atom. The minimum absolute atomic E-state index is 0.239. The zero-order chi connectivity index (χ0) is 14.3. The van der Waals surface area contributed by atoms with Crippen molar-refractivity contribution in [3.8, 4) is 0 Å². The first-order valence-corrected chi connectivity index (χ1v) is 7.03. The summed E-state index contributed by atoms with van der Waals surface area (Å²) in [5.41, 5.74) is 1.71. The second-order valence-corrected chi connectivity index (χ2v) is 5.89. The van der Waals surface area contributed by atoms with Crippen molar-refractivity contribution < 1.29 is 9.50 Å². The van der Waals surface area contributed by atoms with Crippen molar-refractivity contribution in [1.82, 2.24) is 9.78 Å². The Bertz CT molecular complexity index is 635. The maximum atomic E-state index is 13.2. The molecular formula is C16H19FN2O. The highest BCUT2D eigenvalue weighted by Crippen LogP contribution is 2.39. The van der Waals surface area contributed by atoms with Crippen LogP contribution in [0.5, 0.6) is 0 Å². The van der Waals surface area contributed by atoms with Gasteiger partial charge in [-0.15, -0.1) is 0 Å². The molecule has 106 valence electrons. The van der Waals surface area contributed by atoms with E-state index in [4.69, 9.17) is 0 Å². The Morgan fingerprint density at radius 1 is 1.40 bits per heavy atom. The molecule has 1 unspecified atom stereocenters. The maximum absolute atomic E-state index is 13.2. The van der Waals surface area contributed by atoms with Crippen LogP contribution in [0.2, 0.25) is 0 Å². The van der Waals surface area contributed by atoms with Gasteiger partial charge >= 0.3 is 0 Å². The van der Waals surface area contributed by atoms with E-state index in [2.05, 4.69) is 18.9 Å². The molecule has 0 fully saturated rings. The first kappa shape index (κ1) is 13.3. The van der Waals surface area contributed by atoms with Crippen LogP contribution >= 0.6 is 0 Å². The monoisotopic (exact) mass is 274 g/mol. The summed E-state index contributed by atoms with van der Waals surface area (Å²) < 4.78 is 15.1. The maximum Gasteiger partial charge on any atom is 0.123 e. The highest BCUT2D eigenvalue weighted by atomic mass is 19.1. The van der Waals surface area contributed by atoms with Gasteiger partial charge in [-0.3, -0.25) is 4.68 Å². The zero-order valence-electron chi connectivity index (χ0n) is 11.8. The fourth-order valence-electron chi connectivity index (χ4n) is 2.94. The first-order chi connectivity index (χ1) is 9.48. The minimum Gasteiger partial charge on any atom is -0.385 e. The lowest BCUT2D eigenvalue weighted by atomic mass is 9.91. The Morgan fingerprint density at radius 2 is 2.20 bits per heavy atom. The number of benzene rings is 1. The smallest absolute Gasteiger partial charge is 0.123 e. The average molecular weight is 274 g/mol. The lowest BCUT2D eigenvalue weighted by Gasteiger charge is -2.23. The van der Waals surface area contributed by atoms with Crippen LogP contribution in [0.3, 0.4) is 0 Å². The predicted octanol–water partition coefficient (Wildman–Crippen LogP) is 2.98. The number of fused-ring (bicyclic) bond motifs is 1. The molecule has 3 rings (SSSR count). The van der Waals surface area contributed by atoms with Gasteiger partial charge < -0.3 is 5.11 Å². The van der Waals surface area contributed by atoms with Gasteiger partial charge in [-0.05, 0) is 56.0 Å². The Hall–Kier alpha value is -1.68. The lowest BCUT2D eigenvalue weighted by Crippen LogP contribution is -2.25. The first-order valence-electron chi connectivity index (χ1n) is 7.03. The highest BCUT2D eigenvalue weighted by Gasteiger charge is 2.37. The molecule has 1 N–H and O–H groups in total. The number of halogens is 1. The van der Waals surface area contributed by atoms with E-state index in [1.165, 1.54) is 12.1 Å². The summed E-state index contributed by atoms with van der Waals surface area (Å²) in [6.45, 7) is 4.14. The van der Waals surface area contributed by atoms with E-state index in [1.807, 2.05) is 16.9 Å². The normalized spacial score (nSPS) is 21.4. The summed E-state index contributed by atoms with van der Waals surface area (Å²) in [6, 6.07) is 6.90. The van der Waals surface area contributed by atoms with Crippen LogP contribution in [-0.2, 0) is 18.4 Å². The SMILES string of the molecule is CC(C)n1ccc(CC2(O)CCc3cc(F)ccc32)n1. The lowest BCUT2D eigenvalue weighted by molar-refractivity contribution is 0.0378. The molecular weight excluding hydrogens is 255 g/mol.